The Kier molecular flexibility index (Phi) is 6.83. The summed E-state index contributed by atoms with van der Waals surface area (Å²) < 4.78 is 10.8. The van der Waals surface area contributed by atoms with Crippen LogP contribution in [0.25, 0.3) is 0 Å². The minimum atomic E-state index is -0.0537. The Morgan fingerprint density at radius 3 is 3.00 bits per heavy atom. The summed E-state index contributed by atoms with van der Waals surface area (Å²) in [5.74, 6) is 0.754. The molecule has 2 atom stereocenters. The van der Waals surface area contributed by atoms with E-state index in [1.54, 1.807) is 7.11 Å². The smallest absolute Gasteiger partial charge is 0.234 e. The normalized spacial score (nSPS) is 21.3. The zero-order chi connectivity index (χ0) is 16.7. The van der Waals surface area contributed by atoms with Crippen molar-refractivity contribution in [2.75, 3.05) is 33.4 Å². The zero-order valence-corrected chi connectivity index (χ0v) is 13.8. The van der Waals surface area contributed by atoms with E-state index < -0.39 is 0 Å². The van der Waals surface area contributed by atoms with E-state index in [9.17, 15) is 9.90 Å². The van der Waals surface area contributed by atoms with Crippen molar-refractivity contribution in [1.82, 2.24) is 10.2 Å². The van der Waals surface area contributed by atoms with Gasteiger partial charge in [0.2, 0.25) is 5.91 Å². The lowest BCUT2D eigenvalue weighted by Gasteiger charge is -2.21. The molecule has 1 aliphatic heterocycles. The number of nitrogens with zero attached hydrogens (tertiary/aromatic N) is 1. The van der Waals surface area contributed by atoms with Crippen LogP contribution in [0.5, 0.6) is 5.75 Å². The Morgan fingerprint density at radius 2 is 2.30 bits per heavy atom. The molecule has 0 aliphatic carbocycles. The lowest BCUT2D eigenvalue weighted by molar-refractivity contribution is -0.122. The first-order valence-electron chi connectivity index (χ1n) is 8.02. The molecular weight excluding hydrogens is 296 g/mol. The van der Waals surface area contributed by atoms with Crippen LogP contribution in [-0.4, -0.2) is 61.5 Å². The molecule has 0 aromatic heterocycles. The first-order chi connectivity index (χ1) is 11.2. The molecule has 0 bridgehead atoms. The summed E-state index contributed by atoms with van der Waals surface area (Å²) in [6.07, 6.45) is 0.847. The molecule has 1 aromatic rings. The van der Waals surface area contributed by atoms with E-state index >= 15 is 0 Å². The summed E-state index contributed by atoms with van der Waals surface area (Å²) >= 11 is 0. The summed E-state index contributed by atoms with van der Waals surface area (Å²) in [5.41, 5.74) is 0.999. The summed E-state index contributed by atoms with van der Waals surface area (Å²) in [6, 6.07) is 7.69. The van der Waals surface area contributed by atoms with Crippen molar-refractivity contribution < 1.29 is 19.4 Å². The number of aliphatic hydroxyl groups is 1. The maximum Gasteiger partial charge on any atom is 0.234 e. The van der Waals surface area contributed by atoms with E-state index in [4.69, 9.17) is 9.47 Å². The average Bonchev–Trinajstić information content (AvgIpc) is 2.96. The number of hydrogen-bond donors (Lipinski definition) is 2. The minimum absolute atomic E-state index is 0.00742. The number of aliphatic hydroxyl groups excluding tert-OH is 1. The van der Waals surface area contributed by atoms with Crippen LogP contribution in [0.2, 0.25) is 0 Å². The quantitative estimate of drug-likeness (QED) is 0.740. The fraction of sp³-hybridized carbons (Fsp3) is 0.588. The number of carbonyl (C=O) groups is 1. The van der Waals surface area contributed by atoms with E-state index in [1.165, 1.54) is 0 Å². The number of ether oxygens (including phenoxy) is 2. The number of nitrogens with one attached hydrogen (secondary N) is 1. The molecule has 23 heavy (non-hydrogen) atoms. The van der Waals surface area contributed by atoms with E-state index in [-0.39, 0.29) is 31.2 Å². The first kappa shape index (κ1) is 17.7. The molecule has 0 radical (unpaired) electrons. The molecule has 2 rings (SSSR count). The molecule has 6 nitrogen and oxygen atoms in total. The van der Waals surface area contributed by atoms with Crippen LogP contribution in [0.3, 0.4) is 0 Å². The van der Waals surface area contributed by atoms with Crippen molar-refractivity contribution in [3.05, 3.63) is 29.8 Å². The predicted octanol–water partition coefficient (Wildman–Crippen LogP) is 0.783. The van der Waals surface area contributed by atoms with Crippen molar-refractivity contribution in [3.63, 3.8) is 0 Å². The van der Waals surface area contributed by atoms with Gasteiger partial charge in [-0.3, -0.25) is 9.69 Å². The van der Waals surface area contributed by atoms with E-state index in [1.807, 2.05) is 36.1 Å². The number of methoxy groups -OCH3 is 1. The van der Waals surface area contributed by atoms with Gasteiger partial charge < -0.3 is 19.9 Å². The SMILES string of the molecule is CCOc1cccc(CNC(=O)CN2C[C@H](OC)C[C@H]2CO)c1. The Labute approximate surface area is 137 Å². The van der Waals surface area contributed by atoms with Gasteiger partial charge in [-0.2, -0.15) is 0 Å². The van der Waals surface area contributed by atoms with Gasteiger partial charge in [-0.25, -0.2) is 0 Å². The molecule has 1 saturated heterocycles. The van der Waals surface area contributed by atoms with Gasteiger partial charge in [0.25, 0.3) is 0 Å². The standard InChI is InChI=1S/C17H26N2O4/c1-3-23-15-6-4-5-13(7-15)9-18-17(21)11-19-10-16(22-2)8-14(19)12-20/h4-7,14,16,20H,3,8-12H2,1-2H3,(H,18,21)/t14-,16+/m0/s1. The van der Waals surface area contributed by atoms with Crippen molar-refractivity contribution >= 4 is 5.91 Å². The number of hydrogen-bond acceptors (Lipinski definition) is 5. The van der Waals surface area contributed by atoms with Crippen LogP contribution in [0, 0.1) is 0 Å². The molecule has 1 amide bonds. The van der Waals surface area contributed by atoms with Crippen LogP contribution in [-0.2, 0) is 16.1 Å². The molecular formula is C17H26N2O4. The summed E-state index contributed by atoms with van der Waals surface area (Å²) in [5, 5.41) is 12.3. The molecule has 6 heteroatoms. The lowest BCUT2D eigenvalue weighted by atomic mass is 10.2. The first-order valence-corrected chi connectivity index (χ1v) is 8.02. The van der Waals surface area contributed by atoms with Gasteiger partial charge in [0.05, 0.1) is 25.9 Å². The molecule has 1 aliphatic rings. The highest BCUT2D eigenvalue weighted by molar-refractivity contribution is 5.78. The molecule has 0 saturated carbocycles. The highest BCUT2D eigenvalue weighted by Crippen LogP contribution is 2.19. The summed E-state index contributed by atoms with van der Waals surface area (Å²) in [7, 11) is 1.66. The fourth-order valence-electron chi connectivity index (χ4n) is 2.85. The van der Waals surface area contributed by atoms with Gasteiger partial charge in [-0.15, -0.1) is 0 Å². The van der Waals surface area contributed by atoms with Crippen LogP contribution in [0.15, 0.2) is 24.3 Å². The second-order valence-electron chi connectivity index (χ2n) is 5.72. The maximum absolute atomic E-state index is 12.1. The minimum Gasteiger partial charge on any atom is -0.494 e. The highest BCUT2D eigenvalue weighted by atomic mass is 16.5. The van der Waals surface area contributed by atoms with Gasteiger partial charge in [0, 0.05) is 26.2 Å². The van der Waals surface area contributed by atoms with Crippen molar-refractivity contribution in [1.29, 1.82) is 0 Å². The van der Waals surface area contributed by atoms with Gasteiger partial charge in [0.1, 0.15) is 5.75 Å². The zero-order valence-electron chi connectivity index (χ0n) is 13.8. The fourth-order valence-corrected chi connectivity index (χ4v) is 2.85. The largest absolute Gasteiger partial charge is 0.494 e. The molecule has 1 aromatic carbocycles. The van der Waals surface area contributed by atoms with Gasteiger partial charge in [0.15, 0.2) is 0 Å². The molecule has 0 unspecified atom stereocenters. The second-order valence-corrected chi connectivity index (χ2v) is 5.72. The van der Waals surface area contributed by atoms with Gasteiger partial charge in [-0.1, -0.05) is 12.1 Å². The van der Waals surface area contributed by atoms with Crippen molar-refractivity contribution in [2.24, 2.45) is 0 Å². The maximum atomic E-state index is 12.1. The number of amides is 1. The third kappa shape index (κ3) is 5.20. The number of likely N-dealkylation sites (tertiary alicyclic amines) is 1. The Hall–Kier alpha value is -1.63. The summed E-state index contributed by atoms with van der Waals surface area (Å²) in [6.45, 7) is 4.02. The lowest BCUT2D eigenvalue weighted by Crippen LogP contribution is -2.41. The molecule has 1 fully saturated rings. The summed E-state index contributed by atoms with van der Waals surface area (Å²) in [4.78, 5) is 14.1. The van der Waals surface area contributed by atoms with E-state index in [2.05, 4.69) is 5.32 Å². The third-order valence-corrected chi connectivity index (χ3v) is 4.08. The van der Waals surface area contributed by atoms with Crippen molar-refractivity contribution in [2.45, 2.75) is 32.0 Å². The Balaban J connectivity index is 1.82. The highest BCUT2D eigenvalue weighted by Gasteiger charge is 2.32. The Morgan fingerprint density at radius 1 is 1.48 bits per heavy atom. The monoisotopic (exact) mass is 322 g/mol. The van der Waals surface area contributed by atoms with Gasteiger partial charge in [-0.05, 0) is 31.0 Å². The Bertz CT molecular complexity index is 509. The molecule has 2 N–H and O–H groups in total. The predicted molar refractivity (Wildman–Crippen MR) is 87.3 cm³/mol. The topological polar surface area (TPSA) is 71.0 Å². The van der Waals surface area contributed by atoms with Crippen molar-refractivity contribution in [3.8, 4) is 5.75 Å². The van der Waals surface area contributed by atoms with Crippen LogP contribution < -0.4 is 10.1 Å². The molecule has 128 valence electrons. The van der Waals surface area contributed by atoms with E-state index in [0.717, 1.165) is 17.7 Å². The number of rotatable bonds is 8. The molecule has 1 heterocycles. The second kappa shape index (κ2) is 8.86. The average molecular weight is 322 g/mol. The number of benzene rings is 1. The molecule has 0 spiro atoms. The van der Waals surface area contributed by atoms with Crippen LogP contribution in [0.1, 0.15) is 18.9 Å². The third-order valence-electron chi connectivity index (χ3n) is 4.08. The van der Waals surface area contributed by atoms with Crippen LogP contribution in [0.4, 0.5) is 0 Å². The van der Waals surface area contributed by atoms with Crippen LogP contribution >= 0.6 is 0 Å². The van der Waals surface area contributed by atoms with Gasteiger partial charge >= 0.3 is 0 Å². The number of carbonyl (C=O) groups excluding carboxylic acids is 1. The van der Waals surface area contributed by atoms with E-state index in [0.29, 0.717) is 19.7 Å².